The standard InChI is InChI=1S/C18H21N5O2/c1-22-11-14(10-19-22)23-8-2-3-16(18(23)25)20-13-5-6-15-12(9-13)4-7-17(24)21-15/h5-6,9-11,16,20H,2-4,7-8H2,1H3,(H,21,24)/t16-/m0/s1. The second kappa shape index (κ2) is 6.23. The fraction of sp³-hybridized carbons (Fsp3) is 0.389. The van der Waals surface area contributed by atoms with E-state index in [1.54, 1.807) is 15.8 Å². The Morgan fingerprint density at radius 3 is 2.96 bits per heavy atom. The van der Waals surface area contributed by atoms with Crippen LogP contribution in [0, 0.1) is 0 Å². The Morgan fingerprint density at radius 1 is 1.28 bits per heavy atom. The summed E-state index contributed by atoms with van der Waals surface area (Å²) in [4.78, 5) is 26.1. The number of amides is 2. The van der Waals surface area contributed by atoms with E-state index in [4.69, 9.17) is 0 Å². The van der Waals surface area contributed by atoms with Gasteiger partial charge in [0, 0.05) is 37.6 Å². The van der Waals surface area contributed by atoms with Gasteiger partial charge in [-0.1, -0.05) is 0 Å². The third-order valence-electron chi connectivity index (χ3n) is 4.78. The summed E-state index contributed by atoms with van der Waals surface area (Å²) in [6, 6.07) is 5.61. The highest BCUT2D eigenvalue weighted by Gasteiger charge is 2.30. The Bertz CT molecular complexity index is 829. The predicted molar refractivity (Wildman–Crippen MR) is 95.6 cm³/mol. The van der Waals surface area contributed by atoms with Crippen LogP contribution in [-0.2, 0) is 23.1 Å². The maximum absolute atomic E-state index is 12.8. The van der Waals surface area contributed by atoms with Crippen LogP contribution in [0.5, 0.6) is 0 Å². The maximum atomic E-state index is 12.8. The number of anilines is 3. The zero-order valence-corrected chi connectivity index (χ0v) is 14.2. The molecule has 2 aliphatic heterocycles. The van der Waals surface area contributed by atoms with Gasteiger partial charge in [0.05, 0.1) is 11.9 Å². The molecule has 1 aromatic heterocycles. The molecule has 1 fully saturated rings. The molecule has 3 heterocycles. The van der Waals surface area contributed by atoms with Crippen molar-refractivity contribution in [3.05, 3.63) is 36.2 Å². The highest BCUT2D eigenvalue weighted by Crippen LogP contribution is 2.28. The predicted octanol–water partition coefficient (Wildman–Crippen LogP) is 1.91. The van der Waals surface area contributed by atoms with Crippen LogP contribution in [0.25, 0.3) is 0 Å². The van der Waals surface area contributed by atoms with Crippen molar-refractivity contribution in [3.63, 3.8) is 0 Å². The molecule has 7 nitrogen and oxygen atoms in total. The van der Waals surface area contributed by atoms with E-state index in [1.165, 1.54) is 0 Å². The zero-order valence-electron chi connectivity index (χ0n) is 14.2. The second-order valence-corrected chi connectivity index (χ2v) is 6.62. The highest BCUT2D eigenvalue weighted by atomic mass is 16.2. The molecule has 0 spiro atoms. The Morgan fingerprint density at radius 2 is 2.16 bits per heavy atom. The molecule has 2 aliphatic rings. The molecule has 1 aromatic carbocycles. The van der Waals surface area contributed by atoms with E-state index in [9.17, 15) is 9.59 Å². The number of carbonyl (C=O) groups is 2. The van der Waals surface area contributed by atoms with Crippen LogP contribution in [0.4, 0.5) is 17.1 Å². The first-order chi connectivity index (χ1) is 12.1. The highest BCUT2D eigenvalue weighted by molar-refractivity contribution is 5.99. The number of aromatic nitrogens is 2. The fourth-order valence-corrected chi connectivity index (χ4v) is 3.49. The average molecular weight is 339 g/mol. The van der Waals surface area contributed by atoms with Gasteiger partial charge in [-0.15, -0.1) is 0 Å². The number of aryl methyl sites for hydroxylation is 2. The molecule has 0 aliphatic carbocycles. The molecule has 0 saturated carbocycles. The van der Waals surface area contributed by atoms with E-state index in [2.05, 4.69) is 15.7 Å². The Labute approximate surface area is 146 Å². The molecule has 1 saturated heterocycles. The fourth-order valence-electron chi connectivity index (χ4n) is 3.49. The van der Waals surface area contributed by atoms with Crippen LogP contribution in [0.15, 0.2) is 30.6 Å². The third-order valence-corrected chi connectivity index (χ3v) is 4.78. The minimum absolute atomic E-state index is 0.0581. The molecule has 0 unspecified atom stereocenters. The van der Waals surface area contributed by atoms with Gasteiger partial charge in [0.25, 0.3) is 0 Å². The largest absolute Gasteiger partial charge is 0.374 e. The van der Waals surface area contributed by atoms with Crippen LogP contribution in [0.3, 0.4) is 0 Å². The molecular formula is C18H21N5O2. The number of fused-ring (bicyclic) bond motifs is 1. The first kappa shape index (κ1) is 15.7. The lowest BCUT2D eigenvalue weighted by Gasteiger charge is -2.32. The van der Waals surface area contributed by atoms with Crippen molar-refractivity contribution in [1.82, 2.24) is 9.78 Å². The Balaban J connectivity index is 1.50. The van der Waals surface area contributed by atoms with Crippen molar-refractivity contribution < 1.29 is 9.59 Å². The molecular weight excluding hydrogens is 318 g/mol. The van der Waals surface area contributed by atoms with Crippen molar-refractivity contribution >= 4 is 28.9 Å². The van der Waals surface area contributed by atoms with Gasteiger partial charge in [0.2, 0.25) is 11.8 Å². The van der Waals surface area contributed by atoms with Gasteiger partial charge in [-0.05, 0) is 43.0 Å². The summed E-state index contributed by atoms with van der Waals surface area (Å²) in [5, 5.41) is 10.4. The van der Waals surface area contributed by atoms with Gasteiger partial charge in [0.1, 0.15) is 6.04 Å². The topological polar surface area (TPSA) is 79.3 Å². The minimum Gasteiger partial charge on any atom is -0.374 e. The number of benzene rings is 1. The summed E-state index contributed by atoms with van der Waals surface area (Å²) in [5.41, 5.74) is 3.74. The van der Waals surface area contributed by atoms with Crippen LogP contribution >= 0.6 is 0 Å². The normalized spacial score (nSPS) is 20.2. The molecule has 1 atom stereocenters. The molecule has 25 heavy (non-hydrogen) atoms. The first-order valence-corrected chi connectivity index (χ1v) is 8.59. The number of nitrogens with zero attached hydrogens (tertiary/aromatic N) is 3. The van der Waals surface area contributed by atoms with Gasteiger partial charge in [-0.3, -0.25) is 14.3 Å². The Kier molecular flexibility index (Phi) is 3.91. The number of hydrogen-bond donors (Lipinski definition) is 2. The van der Waals surface area contributed by atoms with Crippen LogP contribution < -0.4 is 15.5 Å². The Hall–Kier alpha value is -2.83. The lowest BCUT2D eigenvalue weighted by Crippen LogP contribution is -2.47. The van der Waals surface area contributed by atoms with Gasteiger partial charge >= 0.3 is 0 Å². The lowest BCUT2D eigenvalue weighted by molar-refractivity contribution is -0.120. The van der Waals surface area contributed by atoms with Crippen molar-refractivity contribution in [3.8, 4) is 0 Å². The smallest absolute Gasteiger partial charge is 0.249 e. The summed E-state index contributed by atoms with van der Waals surface area (Å²) in [7, 11) is 1.85. The molecule has 2 amide bonds. The van der Waals surface area contributed by atoms with E-state index in [0.717, 1.165) is 48.4 Å². The summed E-state index contributed by atoms with van der Waals surface area (Å²) in [6.45, 7) is 0.721. The minimum atomic E-state index is -0.245. The number of piperidine rings is 1. The summed E-state index contributed by atoms with van der Waals surface area (Å²) >= 11 is 0. The van der Waals surface area contributed by atoms with E-state index in [1.807, 2.05) is 31.4 Å². The van der Waals surface area contributed by atoms with Crippen LogP contribution in [0.1, 0.15) is 24.8 Å². The molecule has 7 heteroatoms. The van der Waals surface area contributed by atoms with E-state index < -0.39 is 0 Å². The first-order valence-electron chi connectivity index (χ1n) is 8.59. The molecule has 130 valence electrons. The van der Waals surface area contributed by atoms with Gasteiger partial charge in [0.15, 0.2) is 0 Å². The van der Waals surface area contributed by atoms with Crippen LogP contribution in [0.2, 0.25) is 0 Å². The summed E-state index contributed by atoms with van der Waals surface area (Å²) in [5.74, 6) is 0.132. The van der Waals surface area contributed by atoms with E-state index in [0.29, 0.717) is 6.42 Å². The summed E-state index contributed by atoms with van der Waals surface area (Å²) < 4.78 is 1.71. The number of rotatable bonds is 3. The van der Waals surface area contributed by atoms with E-state index in [-0.39, 0.29) is 17.9 Å². The zero-order chi connectivity index (χ0) is 17.4. The SMILES string of the molecule is Cn1cc(N2CCC[C@H](Nc3ccc4c(c3)CCC(=O)N4)C2=O)cn1. The quantitative estimate of drug-likeness (QED) is 0.895. The van der Waals surface area contributed by atoms with Crippen molar-refractivity contribution in [2.75, 3.05) is 22.1 Å². The van der Waals surface area contributed by atoms with Gasteiger partial charge < -0.3 is 15.5 Å². The second-order valence-electron chi connectivity index (χ2n) is 6.62. The number of nitrogens with one attached hydrogen (secondary N) is 2. The lowest BCUT2D eigenvalue weighted by atomic mass is 10.0. The average Bonchev–Trinajstić information content (AvgIpc) is 3.03. The van der Waals surface area contributed by atoms with Crippen LogP contribution in [-0.4, -0.2) is 34.2 Å². The monoisotopic (exact) mass is 339 g/mol. The maximum Gasteiger partial charge on any atom is 0.249 e. The van der Waals surface area contributed by atoms with Crippen molar-refractivity contribution in [2.24, 2.45) is 7.05 Å². The van der Waals surface area contributed by atoms with Crippen molar-refractivity contribution in [2.45, 2.75) is 31.7 Å². The number of hydrogen-bond acceptors (Lipinski definition) is 4. The molecule has 0 bridgehead atoms. The van der Waals surface area contributed by atoms with E-state index >= 15 is 0 Å². The molecule has 4 rings (SSSR count). The van der Waals surface area contributed by atoms with Crippen molar-refractivity contribution in [1.29, 1.82) is 0 Å². The molecule has 0 radical (unpaired) electrons. The molecule has 2 N–H and O–H groups in total. The van der Waals surface area contributed by atoms with Gasteiger partial charge in [-0.2, -0.15) is 5.10 Å². The van der Waals surface area contributed by atoms with Gasteiger partial charge in [-0.25, -0.2) is 0 Å². The third kappa shape index (κ3) is 3.09. The molecule has 2 aromatic rings. The number of carbonyl (C=O) groups excluding carboxylic acids is 2. The summed E-state index contributed by atoms with van der Waals surface area (Å²) in [6.07, 6.45) is 6.58.